The molecule has 0 radical (unpaired) electrons. The number of nitrogens with zero attached hydrogens (tertiary/aromatic N) is 4. The van der Waals surface area contributed by atoms with E-state index < -0.39 is 11.9 Å². The molecule has 0 amide bonds. The summed E-state index contributed by atoms with van der Waals surface area (Å²) < 4.78 is 0. The zero-order valence-electron chi connectivity index (χ0n) is 18.9. The van der Waals surface area contributed by atoms with Gasteiger partial charge < -0.3 is 20.1 Å². The average Bonchev–Trinajstić information content (AvgIpc) is 2.70. The summed E-state index contributed by atoms with van der Waals surface area (Å²) in [5, 5.41) is 25.3. The van der Waals surface area contributed by atoms with Crippen molar-refractivity contribution in [3.8, 4) is 0 Å². The zero-order valence-corrected chi connectivity index (χ0v) is 18.9. The minimum atomic E-state index is -0.942. The molecule has 11 heteroatoms. The van der Waals surface area contributed by atoms with Gasteiger partial charge in [-0.15, -0.1) is 0 Å². The third-order valence-electron chi connectivity index (χ3n) is 5.00. The van der Waals surface area contributed by atoms with Crippen LogP contribution in [0.3, 0.4) is 0 Å². The van der Waals surface area contributed by atoms with Gasteiger partial charge in [0.25, 0.3) is 0 Å². The second-order valence-electron chi connectivity index (χ2n) is 7.70. The predicted octanol–water partition coefficient (Wildman–Crippen LogP) is -1.59. The zero-order chi connectivity index (χ0) is 23.8. The maximum absolute atomic E-state index is 12.2. The Kier molecular flexibility index (Phi) is 15.7. The van der Waals surface area contributed by atoms with Crippen LogP contribution in [0, 0.1) is 5.92 Å². The molecule has 11 nitrogen and oxygen atoms in total. The van der Waals surface area contributed by atoms with Crippen LogP contribution in [0.15, 0.2) is 0 Å². The van der Waals surface area contributed by atoms with E-state index in [1.54, 1.807) is 9.80 Å². The first-order chi connectivity index (χ1) is 14.7. The number of ketones is 1. The monoisotopic (exact) mass is 446 g/mol. The van der Waals surface area contributed by atoms with Crippen molar-refractivity contribution >= 4 is 24.0 Å². The molecule has 0 aliphatic carbocycles. The second kappa shape index (κ2) is 16.7. The molecule has 1 rings (SSSR count). The van der Waals surface area contributed by atoms with Crippen molar-refractivity contribution in [3.05, 3.63) is 0 Å². The number of carbonyl (C=O) groups is 4. The maximum atomic E-state index is 12.2. The van der Waals surface area contributed by atoms with E-state index >= 15 is 0 Å². The lowest BCUT2D eigenvalue weighted by Gasteiger charge is -2.33. The van der Waals surface area contributed by atoms with Gasteiger partial charge in [-0.2, -0.15) is 0 Å². The molecule has 180 valence electrons. The van der Waals surface area contributed by atoms with Crippen LogP contribution in [0.5, 0.6) is 0 Å². The topological polar surface area (TPSA) is 142 Å². The Morgan fingerprint density at radius 2 is 1.03 bits per heavy atom. The van der Waals surface area contributed by atoms with Gasteiger partial charge in [0.05, 0.1) is 26.2 Å². The van der Waals surface area contributed by atoms with Crippen molar-refractivity contribution in [2.75, 3.05) is 85.6 Å². The van der Waals surface area contributed by atoms with Gasteiger partial charge in [-0.25, -0.2) is 0 Å². The van der Waals surface area contributed by atoms with Gasteiger partial charge in [0, 0.05) is 65.4 Å². The van der Waals surface area contributed by atoms with Crippen LogP contribution in [0.4, 0.5) is 0 Å². The molecule has 1 aliphatic rings. The van der Waals surface area contributed by atoms with Gasteiger partial charge in [-0.1, -0.05) is 13.8 Å². The van der Waals surface area contributed by atoms with E-state index in [2.05, 4.69) is 0 Å². The fraction of sp³-hybridized carbons (Fsp3) is 0.800. The molecule has 0 atom stereocenters. The molecule has 0 spiro atoms. The number of rotatable bonds is 9. The standard InChI is InChI=1S/C19H34N4O6.CH4O/c1-16(2)17(25)13-21-5-3-20(11-12-24)4-6-22(14-18(26)27)9-10-23(8-7-21)15-19(28)29;1-2/h12,16H,3-11,13-15H2,1-2H3,(H,26,27)(H,28,29);2H,1H3. The van der Waals surface area contributed by atoms with Gasteiger partial charge in [-0.05, 0) is 0 Å². The molecule has 1 aliphatic heterocycles. The van der Waals surface area contributed by atoms with Crippen molar-refractivity contribution in [1.82, 2.24) is 19.6 Å². The van der Waals surface area contributed by atoms with E-state index in [1.165, 1.54) is 0 Å². The molecule has 0 saturated carbocycles. The van der Waals surface area contributed by atoms with Gasteiger partial charge in [0.1, 0.15) is 12.1 Å². The number of aliphatic carboxylic acids is 2. The largest absolute Gasteiger partial charge is 0.480 e. The summed E-state index contributed by atoms with van der Waals surface area (Å²) in [6, 6.07) is 0. The second-order valence-corrected chi connectivity index (χ2v) is 7.70. The number of carbonyl (C=O) groups excluding carboxylic acids is 2. The van der Waals surface area contributed by atoms with Gasteiger partial charge >= 0.3 is 11.9 Å². The number of hydrogen-bond acceptors (Lipinski definition) is 9. The molecule has 0 bridgehead atoms. The summed E-state index contributed by atoms with van der Waals surface area (Å²) in [6.45, 7) is 7.94. The molecule has 0 unspecified atom stereocenters. The fourth-order valence-corrected chi connectivity index (χ4v) is 3.13. The number of carboxylic acids is 2. The van der Waals surface area contributed by atoms with Crippen LogP contribution in [-0.2, 0) is 19.2 Å². The summed E-state index contributed by atoms with van der Waals surface area (Å²) in [7, 11) is 1.00. The number of hydrogen-bond donors (Lipinski definition) is 3. The Morgan fingerprint density at radius 1 is 0.710 bits per heavy atom. The first-order valence-corrected chi connectivity index (χ1v) is 10.4. The first kappa shape index (κ1) is 29.1. The number of aliphatic hydroxyl groups is 1. The summed E-state index contributed by atoms with van der Waals surface area (Å²) in [4.78, 5) is 53.1. The van der Waals surface area contributed by atoms with E-state index in [0.29, 0.717) is 58.9 Å². The highest BCUT2D eigenvalue weighted by molar-refractivity contribution is 5.82. The summed E-state index contributed by atoms with van der Waals surface area (Å²) in [6.07, 6.45) is 0.825. The highest BCUT2D eigenvalue weighted by Crippen LogP contribution is 2.03. The minimum absolute atomic E-state index is 0.0813. The molecule has 3 N–H and O–H groups in total. The van der Waals surface area contributed by atoms with Gasteiger partial charge in [0.2, 0.25) is 0 Å². The first-order valence-electron chi connectivity index (χ1n) is 10.4. The third-order valence-corrected chi connectivity index (χ3v) is 5.00. The number of aldehydes is 1. The molecule has 0 aromatic carbocycles. The Hall–Kier alpha value is -1.92. The van der Waals surface area contributed by atoms with Gasteiger partial charge in [0.15, 0.2) is 0 Å². The minimum Gasteiger partial charge on any atom is -0.480 e. The maximum Gasteiger partial charge on any atom is 0.317 e. The number of Topliss-reactive ketones (excluding diaryl/α,β-unsaturated/α-hetero) is 1. The van der Waals surface area contributed by atoms with Crippen molar-refractivity contribution in [2.24, 2.45) is 5.92 Å². The van der Waals surface area contributed by atoms with E-state index in [4.69, 9.17) is 10.2 Å². The Bertz CT molecular complexity index is 560. The smallest absolute Gasteiger partial charge is 0.317 e. The summed E-state index contributed by atoms with van der Waals surface area (Å²) >= 11 is 0. The van der Waals surface area contributed by atoms with Crippen LogP contribution in [0.1, 0.15) is 13.8 Å². The number of aliphatic hydroxyl groups excluding tert-OH is 1. The highest BCUT2D eigenvalue weighted by Gasteiger charge is 2.20. The van der Waals surface area contributed by atoms with E-state index in [1.807, 2.05) is 23.6 Å². The van der Waals surface area contributed by atoms with Crippen LogP contribution in [0.2, 0.25) is 0 Å². The molecular weight excluding hydrogens is 408 g/mol. The average molecular weight is 447 g/mol. The van der Waals surface area contributed by atoms with Crippen molar-refractivity contribution in [3.63, 3.8) is 0 Å². The Morgan fingerprint density at radius 3 is 1.32 bits per heavy atom. The van der Waals surface area contributed by atoms with Crippen molar-refractivity contribution in [1.29, 1.82) is 0 Å². The van der Waals surface area contributed by atoms with Crippen LogP contribution in [-0.4, -0.2) is 145 Å². The molecule has 0 aromatic rings. The SMILES string of the molecule is CC(C)C(=O)CN1CCN(CC=O)CCN(CC(=O)O)CCN(CC(=O)O)CC1.CO. The highest BCUT2D eigenvalue weighted by atomic mass is 16.4. The lowest BCUT2D eigenvalue weighted by atomic mass is 10.1. The lowest BCUT2D eigenvalue weighted by molar-refractivity contribution is -0.140. The summed E-state index contributed by atoms with van der Waals surface area (Å²) in [5.74, 6) is -1.84. The summed E-state index contributed by atoms with van der Waals surface area (Å²) in [5.41, 5.74) is 0. The normalized spacial score (nSPS) is 18.4. The van der Waals surface area contributed by atoms with Crippen LogP contribution in [0.25, 0.3) is 0 Å². The molecule has 31 heavy (non-hydrogen) atoms. The van der Waals surface area contributed by atoms with E-state index in [-0.39, 0.29) is 31.3 Å². The molecule has 1 fully saturated rings. The molecule has 1 heterocycles. The van der Waals surface area contributed by atoms with Gasteiger partial charge in [-0.3, -0.25) is 34.0 Å². The quantitative estimate of drug-likeness (QED) is 0.353. The third kappa shape index (κ3) is 13.9. The predicted molar refractivity (Wildman–Crippen MR) is 115 cm³/mol. The molecular formula is C20H38N4O7. The number of carboxylic acid groups (broad SMARTS) is 2. The van der Waals surface area contributed by atoms with E-state index in [9.17, 15) is 24.3 Å². The van der Waals surface area contributed by atoms with E-state index in [0.717, 1.165) is 13.4 Å². The molecule has 1 saturated heterocycles. The van der Waals surface area contributed by atoms with Crippen molar-refractivity contribution < 1.29 is 34.5 Å². The fourth-order valence-electron chi connectivity index (χ4n) is 3.13. The Labute approximate surface area is 184 Å². The van der Waals surface area contributed by atoms with Crippen LogP contribution >= 0.6 is 0 Å². The Balaban J connectivity index is 0.00000436. The van der Waals surface area contributed by atoms with Crippen LogP contribution < -0.4 is 0 Å². The molecule has 0 aromatic heterocycles. The lowest BCUT2D eigenvalue weighted by Crippen LogP contribution is -2.48. The van der Waals surface area contributed by atoms with Crippen molar-refractivity contribution in [2.45, 2.75) is 13.8 Å².